The van der Waals surface area contributed by atoms with Gasteiger partial charge in [-0.1, -0.05) is 0 Å². The summed E-state index contributed by atoms with van der Waals surface area (Å²) in [7, 11) is 0. The Morgan fingerprint density at radius 3 is 2.95 bits per heavy atom. The fourth-order valence-corrected chi connectivity index (χ4v) is 4.18. The predicted octanol–water partition coefficient (Wildman–Crippen LogP) is 3.63. The monoisotopic (exact) mass is 334 g/mol. The number of thiazole rings is 1. The van der Waals surface area contributed by atoms with Crippen LogP contribution in [0.5, 0.6) is 0 Å². The average Bonchev–Trinajstić information content (AvgIpc) is 3.10. The highest BCUT2D eigenvalue weighted by Crippen LogP contribution is 2.25. The van der Waals surface area contributed by atoms with E-state index in [1.165, 1.54) is 15.3 Å². The van der Waals surface area contributed by atoms with Gasteiger partial charge in [-0.15, -0.1) is 22.7 Å². The minimum atomic E-state index is -0.174. The number of aromatic nitrogens is 2. The highest BCUT2D eigenvalue weighted by molar-refractivity contribution is 7.15. The van der Waals surface area contributed by atoms with E-state index in [1.54, 1.807) is 22.7 Å². The molecule has 3 aromatic heterocycles. The summed E-state index contributed by atoms with van der Waals surface area (Å²) < 4.78 is 1.96. The molecule has 0 aliphatic carbocycles. The Morgan fingerprint density at radius 1 is 1.45 bits per heavy atom. The van der Waals surface area contributed by atoms with Crippen molar-refractivity contribution in [1.82, 2.24) is 20.0 Å². The van der Waals surface area contributed by atoms with Crippen LogP contribution in [0.15, 0.2) is 23.8 Å². The third-order valence-electron chi connectivity index (χ3n) is 3.47. The molecule has 22 heavy (non-hydrogen) atoms. The quantitative estimate of drug-likeness (QED) is 0.765. The van der Waals surface area contributed by atoms with E-state index in [-0.39, 0.29) is 12.1 Å². The lowest BCUT2D eigenvalue weighted by atomic mass is 10.1. The molecule has 3 heterocycles. The normalized spacial score (nSPS) is 12.5. The largest absolute Gasteiger partial charge is 0.332 e. The number of carbonyl (C=O) groups excluding carboxylic acids is 1. The lowest BCUT2D eigenvalue weighted by Gasteiger charge is -2.14. The molecule has 0 unspecified atom stereocenters. The highest BCUT2D eigenvalue weighted by Gasteiger charge is 2.14. The first-order valence-corrected chi connectivity index (χ1v) is 8.75. The van der Waals surface area contributed by atoms with Gasteiger partial charge in [-0.2, -0.15) is 0 Å². The minimum Gasteiger partial charge on any atom is -0.332 e. The Labute approximate surface area is 137 Å². The van der Waals surface area contributed by atoms with Crippen LogP contribution in [0.4, 0.5) is 4.79 Å². The standard InChI is InChI=1S/C15H18N4OS2/c1-9-6-13(11(3)22-9)10(2)17-14(20)16-7-12-8-19-4-5-21-15(19)18-12/h4-6,8,10H,7H2,1-3H3,(H2,16,17,20)/t10-/m0/s1. The predicted molar refractivity (Wildman–Crippen MR) is 90.6 cm³/mol. The van der Waals surface area contributed by atoms with E-state index in [9.17, 15) is 4.79 Å². The fraction of sp³-hybridized carbons (Fsp3) is 0.333. The molecule has 0 fully saturated rings. The molecule has 3 aromatic rings. The van der Waals surface area contributed by atoms with Crippen molar-refractivity contribution in [3.63, 3.8) is 0 Å². The van der Waals surface area contributed by atoms with E-state index < -0.39 is 0 Å². The fourth-order valence-electron chi connectivity index (χ4n) is 2.44. The summed E-state index contributed by atoms with van der Waals surface area (Å²) in [5, 5.41) is 7.82. The summed E-state index contributed by atoms with van der Waals surface area (Å²) >= 11 is 3.33. The van der Waals surface area contributed by atoms with Crippen molar-refractivity contribution in [3.8, 4) is 0 Å². The van der Waals surface area contributed by atoms with Crippen LogP contribution in [0.3, 0.4) is 0 Å². The Bertz CT molecular complexity index is 773. The van der Waals surface area contributed by atoms with Crippen molar-refractivity contribution in [2.24, 2.45) is 0 Å². The third-order valence-corrected chi connectivity index (χ3v) is 5.22. The Balaban J connectivity index is 1.55. The number of thiophene rings is 1. The zero-order chi connectivity index (χ0) is 15.7. The molecule has 0 radical (unpaired) electrons. The van der Waals surface area contributed by atoms with Crippen LogP contribution in [0.25, 0.3) is 4.96 Å². The van der Waals surface area contributed by atoms with Crippen LogP contribution in [0.2, 0.25) is 0 Å². The molecule has 2 N–H and O–H groups in total. The summed E-state index contributed by atoms with van der Waals surface area (Å²) in [6.07, 6.45) is 3.89. The molecule has 0 spiro atoms. The molecule has 3 rings (SSSR count). The molecule has 0 aliphatic rings. The summed E-state index contributed by atoms with van der Waals surface area (Å²) in [5.74, 6) is 0. The number of nitrogens with zero attached hydrogens (tertiary/aromatic N) is 2. The van der Waals surface area contributed by atoms with Gasteiger partial charge >= 0.3 is 6.03 Å². The number of aryl methyl sites for hydroxylation is 2. The topological polar surface area (TPSA) is 58.4 Å². The summed E-state index contributed by atoms with van der Waals surface area (Å²) in [6, 6.07) is 1.96. The van der Waals surface area contributed by atoms with E-state index in [2.05, 4.69) is 35.5 Å². The van der Waals surface area contributed by atoms with Crippen LogP contribution < -0.4 is 10.6 Å². The Hall–Kier alpha value is -1.86. The number of hydrogen-bond acceptors (Lipinski definition) is 4. The van der Waals surface area contributed by atoms with Gasteiger partial charge in [-0.05, 0) is 32.4 Å². The molecule has 1 atom stereocenters. The molecular formula is C15H18N4OS2. The number of rotatable bonds is 4. The zero-order valence-corrected chi connectivity index (χ0v) is 14.3. The highest BCUT2D eigenvalue weighted by atomic mass is 32.1. The molecule has 116 valence electrons. The molecular weight excluding hydrogens is 316 g/mol. The smallest absolute Gasteiger partial charge is 0.315 e. The zero-order valence-electron chi connectivity index (χ0n) is 12.7. The second-order valence-electron chi connectivity index (χ2n) is 5.24. The van der Waals surface area contributed by atoms with Crippen molar-refractivity contribution in [2.45, 2.75) is 33.4 Å². The van der Waals surface area contributed by atoms with Crippen molar-refractivity contribution in [2.75, 3.05) is 0 Å². The van der Waals surface area contributed by atoms with E-state index in [1.807, 2.05) is 29.1 Å². The first-order valence-electron chi connectivity index (χ1n) is 7.05. The number of hydrogen-bond donors (Lipinski definition) is 2. The first kappa shape index (κ1) is 15.1. The van der Waals surface area contributed by atoms with Crippen molar-refractivity contribution in [3.05, 3.63) is 44.9 Å². The van der Waals surface area contributed by atoms with Crippen LogP contribution in [0.1, 0.15) is 34.0 Å². The van der Waals surface area contributed by atoms with Gasteiger partial charge in [0.15, 0.2) is 4.96 Å². The molecule has 0 bridgehead atoms. The molecule has 2 amide bonds. The summed E-state index contributed by atoms with van der Waals surface area (Å²) in [6.45, 7) is 6.59. The van der Waals surface area contributed by atoms with Gasteiger partial charge in [0, 0.05) is 27.5 Å². The number of imidazole rings is 1. The Kier molecular flexibility index (Phi) is 4.17. The van der Waals surface area contributed by atoms with Crippen molar-refractivity contribution >= 4 is 33.7 Å². The van der Waals surface area contributed by atoms with Crippen molar-refractivity contribution in [1.29, 1.82) is 0 Å². The maximum Gasteiger partial charge on any atom is 0.315 e. The molecule has 7 heteroatoms. The van der Waals surface area contributed by atoms with Gasteiger partial charge in [-0.25, -0.2) is 9.78 Å². The average molecular weight is 334 g/mol. The van der Waals surface area contributed by atoms with Crippen LogP contribution in [-0.4, -0.2) is 15.4 Å². The number of fused-ring (bicyclic) bond motifs is 1. The van der Waals surface area contributed by atoms with Crippen LogP contribution in [0, 0.1) is 13.8 Å². The molecule has 0 aliphatic heterocycles. The van der Waals surface area contributed by atoms with Gasteiger partial charge in [0.25, 0.3) is 0 Å². The van der Waals surface area contributed by atoms with Gasteiger partial charge < -0.3 is 10.6 Å². The number of amides is 2. The SMILES string of the molecule is Cc1cc([C@H](C)NC(=O)NCc2cn3ccsc3n2)c(C)s1. The lowest BCUT2D eigenvalue weighted by molar-refractivity contribution is 0.237. The maximum atomic E-state index is 12.0. The first-order chi connectivity index (χ1) is 10.5. The van der Waals surface area contributed by atoms with Gasteiger partial charge in [0.2, 0.25) is 0 Å². The summed E-state index contributed by atoms with van der Waals surface area (Å²) in [4.78, 5) is 19.9. The maximum absolute atomic E-state index is 12.0. The molecule has 0 aromatic carbocycles. The van der Waals surface area contributed by atoms with Crippen LogP contribution >= 0.6 is 22.7 Å². The molecule has 0 saturated carbocycles. The van der Waals surface area contributed by atoms with E-state index in [4.69, 9.17) is 0 Å². The van der Waals surface area contributed by atoms with Crippen molar-refractivity contribution < 1.29 is 4.79 Å². The third kappa shape index (κ3) is 3.15. The van der Waals surface area contributed by atoms with Gasteiger partial charge in [0.1, 0.15) is 0 Å². The summed E-state index contributed by atoms with van der Waals surface area (Å²) in [5.41, 5.74) is 2.04. The lowest BCUT2D eigenvalue weighted by Crippen LogP contribution is -2.36. The molecule has 0 saturated heterocycles. The second kappa shape index (κ2) is 6.10. The van der Waals surface area contributed by atoms with Gasteiger partial charge in [0.05, 0.1) is 18.3 Å². The minimum absolute atomic E-state index is 0.00422. The number of urea groups is 1. The van der Waals surface area contributed by atoms with E-state index in [0.717, 1.165) is 10.7 Å². The number of carbonyl (C=O) groups is 1. The van der Waals surface area contributed by atoms with Crippen LogP contribution in [-0.2, 0) is 6.54 Å². The number of nitrogens with one attached hydrogen (secondary N) is 2. The van der Waals surface area contributed by atoms with E-state index in [0.29, 0.717) is 6.54 Å². The Morgan fingerprint density at radius 2 is 2.27 bits per heavy atom. The second-order valence-corrected chi connectivity index (χ2v) is 7.58. The van der Waals surface area contributed by atoms with E-state index >= 15 is 0 Å². The van der Waals surface area contributed by atoms with Gasteiger partial charge in [-0.3, -0.25) is 4.40 Å². The molecule has 5 nitrogen and oxygen atoms in total.